The van der Waals surface area contributed by atoms with E-state index in [9.17, 15) is 14.4 Å². The van der Waals surface area contributed by atoms with Gasteiger partial charge in [0.25, 0.3) is 0 Å². The second kappa shape index (κ2) is 9.94. The third kappa shape index (κ3) is 5.26. The van der Waals surface area contributed by atoms with Crippen LogP contribution >= 0.6 is 0 Å². The Morgan fingerprint density at radius 3 is 2.71 bits per heavy atom. The molecule has 2 aliphatic heterocycles. The van der Waals surface area contributed by atoms with Crippen molar-refractivity contribution in [2.45, 2.75) is 64.3 Å². The molecule has 156 valence electrons. The number of hydrogen-bond donors (Lipinski definition) is 1. The Kier molecular flexibility index (Phi) is 7.34. The molecule has 3 rings (SSSR count). The lowest BCUT2D eigenvalue weighted by Crippen LogP contribution is -2.47. The van der Waals surface area contributed by atoms with Gasteiger partial charge in [0.1, 0.15) is 0 Å². The number of hydrogen-bond acceptors (Lipinski definition) is 4. The fourth-order valence-electron chi connectivity index (χ4n) is 4.46. The van der Waals surface area contributed by atoms with E-state index in [0.717, 1.165) is 32.1 Å². The number of piperidine rings is 1. The van der Waals surface area contributed by atoms with Gasteiger partial charge >= 0.3 is 6.09 Å². The van der Waals surface area contributed by atoms with E-state index in [4.69, 9.17) is 4.74 Å². The summed E-state index contributed by atoms with van der Waals surface area (Å²) in [6.45, 7) is 4.52. The van der Waals surface area contributed by atoms with Crippen LogP contribution in [0.4, 0.5) is 4.79 Å². The van der Waals surface area contributed by atoms with Crippen molar-refractivity contribution >= 4 is 17.9 Å². The monoisotopic (exact) mass is 391 g/mol. The molecular weight excluding hydrogens is 358 g/mol. The van der Waals surface area contributed by atoms with Crippen molar-refractivity contribution in [3.05, 3.63) is 11.6 Å². The third-order valence-electron chi connectivity index (χ3n) is 6.09. The second-order valence-corrected chi connectivity index (χ2v) is 8.01. The van der Waals surface area contributed by atoms with Crippen molar-refractivity contribution in [2.75, 3.05) is 32.8 Å². The highest BCUT2D eigenvalue weighted by atomic mass is 16.6. The van der Waals surface area contributed by atoms with Crippen molar-refractivity contribution in [1.82, 2.24) is 15.1 Å². The van der Waals surface area contributed by atoms with Gasteiger partial charge in [-0.2, -0.15) is 0 Å². The Morgan fingerprint density at radius 1 is 1.25 bits per heavy atom. The number of amides is 3. The van der Waals surface area contributed by atoms with Gasteiger partial charge in [-0.15, -0.1) is 0 Å². The summed E-state index contributed by atoms with van der Waals surface area (Å²) in [4.78, 5) is 40.3. The summed E-state index contributed by atoms with van der Waals surface area (Å²) >= 11 is 0. The lowest BCUT2D eigenvalue weighted by molar-refractivity contribution is -0.131. The number of likely N-dealkylation sites (tertiary alicyclic amines) is 2. The second-order valence-electron chi connectivity index (χ2n) is 8.01. The summed E-state index contributed by atoms with van der Waals surface area (Å²) < 4.78 is 5.04. The predicted molar refractivity (Wildman–Crippen MR) is 106 cm³/mol. The maximum absolute atomic E-state index is 12.5. The third-order valence-corrected chi connectivity index (χ3v) is 6.09. The molecule has 2 saturated heterocycles. The molecule has 28 heavy (non-hydrogen) atoms. The summed E-state index contributed by atoms with van der Waals surface area (Å²) in [5.41, 5.74) is 1.45. The molecule has 3 aliphatic rings. The zero-order valence-electron chi connectivity index (χ0n) is 17.0. The zero-order chi connectivity index (χ0) is 19.9. The molecule has 3 amide bonds. The Bertz CT molecular complexity index is 611. The molecule has 7 heteroatoms. The van der Waals surface area contributed by atoms with Crippen LogP contribution in [0, 0.1) is 5.92 Å². The van der Waals surface area contributed by atoms with Crippen LogP contribution in [-0.2, 0) is 14.3 Å². The lowest BCUT2D eigenvalue weighted by Gasteiger charge is -2.36. The standard InChI is InChI=1S/C21H33N3O4/c1-2-28-21(27)23-12-9-18(10-13-23)24-15-17(14-19(24)25)20(26)22-11-8-16-6-4-3-5-7-16/h6,17-18H,2-5,7-15H2,1H3,(H,22,26). The molecule has 2 fully saturated rings. The Hall–Kier alpha value is -2.05. The van der Waals surface area contributed by atoms with Crippen molar-refractivity contribution in [1.29, 1.82) is 0 Å². The maximum atomic E-state index is 12.5. The van der Waals surface area contributed by atoms with E-state index in [-0.39, 0.29) is 29.9 Å². The van der Waals surface area contributed by atoms with E-state index in [0.29, 0.717) is 39.2 Å². The number of allylic oxidation sites excluding steroid dienone is 1. The summed E-state index contributed by atoms with van der Waals surface area (Å²) in [6, 6.07) is 0.114. The van der Waals surface area contributed by atoms with Gasteiger partial charge in [-0.3, -0.25) is 9.59 Å². The van der Waals surface area contributed by atoms with E-state index in [1.807, 2.05) is 4.90 Å². The Labute approximate surface area is 167 Å². The first-order valence-electron chi connectivity index (χ1n) is 10.7. The zero-order valence-corrected chi connectivity index (χ0v) is 17.0. The first-order chi connectivity index (χ1) is 13.6. The van der Waals surface area contributed by atoms with E-state index in [1.54, 1.807) is 11.8 Å². The van der Waals surface area contributed by atoms with E-state index in [2.05, 4.69) is 11.4 Å². The smallest absolute Gasteiger partial charge is 0.409 e. The number of nitrogens with zero attached hydrogens (tertiary/aromatic N) is 2. The quantitative estimate of drug-likeness (QED) is 0.706. The van der Waals surface area contributed by atoms with Crippen LogP contribution in [0.3, 0.4) is 0 Å². The molecule has 0 saturated carbocycles. The SMILES string of the molecule is CCOC(=O)N1CCC(N2CC(C(=O)NCCC3=CCCCC3)CC2=O)CC1. The highest BCUT2D eigenvalue weighted by Gasteiger charge is 2.39. The normalized spacial score (nSPS) is 23.5. The molecule has 1 aliphatic carbocycles. The van der Waals surface area contributed by atoms with E-state index < -0.39 is 0 Å². The molecule has 2 heterocycles. The first-order valence-corrected chi connectivity index (χ1v) is 10.7. The molecular formula is C21H33N3O4. The van der Waals surface area contributed by atoms with Crippen molar-refractivity contribution in [3.63, 3.8) is 0 Å². The number of rotatable bonds is 6. The predicted octanol–water partition coefficient (Wildman–Crippen LogP) is 2.46. The molecule has 1 unspecified atom stereocenters. The van der Waals surface area contributed by atoms with Gasteiger partial charge in [0.2, 0.25) is 11.8 Å². The fraction of sp³-hybridized carbons (Fsp3) is 0.762. The van der Waals surface area contributed by atoms with Gasteiger partial charge in [-0.1, -0.05) is 11.6 Å². The highest BCUT2D eigenvalue weighted by Crippen LogP contribution is 2.26. The molecule has 0 aromatic rings. The average Bonchev–Trinajstić information content (AvgIpc) is 3.11. The average molecular weight is 392 g/mol. The topological polar surface area (TPSA) is 79.0 Å². The Balaban J connectivity index is 1.41. The summed E-state index contributed by atoms with van der Waals surface area (Å²) in [5.74, 6) is -0.197. The maximum Gasteiger partial charge on any atom is 0.409 e. The molecule has 1 N–H and O–H groups in total. The van der Waals surface area contributed by atoms with Crippen LogP contribution in [0.15, 0.2) is 11.6 Å². The van der Waals surface area contributed by atoms with Crippen LogP contribution in [0.2, 0.25) is 0 Å². The number of ether oxygens (including phenoxy) is 1. The van der Waals surface area contributed by atoms with E-state index in [1.165, 1.54) is 18.4 Å². The molecule has 0 aromatic heterocycles. The van der Waals surface area contributed by atoms with Gasteiger partial charge < -0.3 is 19.9 Å². The van der Waals surface area contributed by atoms with Crippen molar-refractivity contribution in [2.24, 2.45) is 5.92 Å². The van der Waals surface area contributed by atoms with Gasteiger partial charge in [-0.05, 0) is 51.9 Å². The molecule has 7 nitrogen and oxygen atoms in total. The van der Waals surface area contributed by atoms with Crippen LogP contribution in [0.25, 0.3) is 0 Å². The van der Waals surface area contributed by atoms with Crippen molar-refractivity contribution in [3.8, 4) is 0 Å². The van der Waals surface area contributed by atoms with Crippen LogP contribution in [-0.4, -0.2) is 66.5 Å². The van der Waals surface area contributed by atoms with Gasteiger partial charge in [0.05, 0.1) is 12.5 Å². The van der Waals surface area contributed by atoms with Crippen LogP contribution < -0.4 is 5.32 Å². The lowest BCUT2D eigenvalue weighted by atomic mass is 9.97. The number of carbonyl (C=O) groups excluding carboxylic acids is 3. The van der Waals surface area contributed by atoms with Gasteiger partial charge in [0.15, 0.2) is 0 Å². The Morgan fingerprint density at radius 2 is 2.04 bits per heavy atom. The molecule has 1 atom stereocenters. The molecule has 0 radical (unpaired) electrons. The number of nitrogens with one attached hydrogen (secondary N) is 1. The van der Waals surface area contributed by atoms with Gasteiger partial charge in [0, 0.05) is 38.6 Å². The fourth-order valence-corrected chi connectivity index (χ4v) is 4.46. The minimum Gasteiger partial charge on any atom is -0.450 e. The number of carbonyl (C=O) groups is 3. The van der Waals surface area contributed by atoms with Crippen molar-refractivity contribution < 1.29 is 19.1 Å². The summed E-state index contributed by atoms with van der Waals surface area (Å²) in [6.07, 6.45) is 9.56. The first kappa shape index (κ1) is 20.7. The highest BCUT2D eigenvalue weighted by molar-refractivity contribution is 5.89. The summed E-state index contributed by atoms with van der Waals surface area (Å²) in [5, 5.41) is 3.02. The van der Waals surface area contributed by atoms with Gasteiger partial charge in [-0.25, -0.2) is 4.79 Å². The molecule has 0 aromatic carbocycles. The minimum atomic E-state index is -0.279. The summed E-state index contributed by atoms with van der Waals surface area (Å²) in [7, 11) is 0. The minimum absolute atomic E-state index is 0.00350. The van der Waals surface area contributed by atoms with Crippen LogP contribution in [0.5, 0.6) is 0 Å². The van der Waals surface area contributed by atoms with Crippen LogP contribution in [0.1, 0.15) is 58.3 Å². The molecule has 0 spiro atoms. The molecule has 0 bridgehead atoms. The largest absolute Gasteiger partial charge is 0.450 e. The van der Waals surface area contributed by atoms with E-state index >= 15 is 0 Å².